The van der Waals surface area contributed by atoms with Crippen molar-refractivity contribution in [3.05, 3.63) is 17.8 Å². The Labute approximate surface area is 90.3 Å². The van der Waals surface area contributed by atoms with Gasteiger partial charge in [0.15, 0.2) is 5.89 Å². The summed E-state index contributed by atoms with van der Waals surface area (Å²) in [6, 6.07) is 0. The van der Waals surface area contributed by atoms with E-state index in [1.54, 1.807) is 0 Å². The quantitative estimate of drug-likeness (QED) is 0.807. The number of hydrogen-bond donors (Lipinski definition) is 1. The molecule has 3 heteroatoms. The van der Waals surface area contributed by atoms with E-state index in [1.807, 2.05) is 6.20 Å². The molecular formula is C12H18N2O. The van der Waals surface area contributed by atoms with Crippen LogP contribution in [0.25, 0.3) is 0 Å². The minimum absolute atomic E-state index is 0.604. The van der Waals surface area contributed by atoms with Crippen molar-refractivity contribution >= 4 is 0 Å². The van der Waals surface area contributed by atoms with Gasteiger partial charge in [-0.05, 0) is 38.8 Å². The van der Waals surface area contributed by atoms with Gasteiger partial charge in [0.1, 0.15) is 5.76 Å². The Hall–Kier alpha value is -0.830. The summed E-state index contributed by atoms with van der Waals surface area (Å²) >= 11 is 0. The molecule has 1 aliphatic heterocycles. The van der Waals surface area contributed by atoms with Gasteiger partial charge in [0.25, 0.3) is 0 Å². The van der Waals surface area contributed by atoms with Gasteiger partial charge in [0.05, 0.1) is 6.20 Å². The monoisotopic (exact) mass is 206 g/mol. The van der Waals surface area contributed by atoms with E-state index in [0.29, 0.717) is 11.8 Å². The maximum atomic E-state index is 5.89. The lowest BCUT2D eigenvalue weighted by atomic mass is 9.85. The maximum Gasteiger partial charge on any atom is 0.197 e. The zero-order valence-electron chi connectivity index (χ0n) is 9.04. The molecule has 0 radical (unpaired) electrons. The first-order valence-corrected chi connectivity index (χ1v) is 6.10. The second-order valence-corrected chi connectivity index (χ2v) is 4.75. The highest BCUT2D eigenvalue weighted by atomic mass is 16.4. The smallest absolute Gasteiger partial charge is 0.197 e. The average molecular weight is 206 g/mol. The molecule has 1 saturated heterocycles. The number of hydrogen-bond acceptors (Lipinski definition) is 3. The molecule has 1 saturated carbocycles. The first-order valence-electron chi connectivity index (χ1n) is 6.10. The molecule has 2 aliphatic rings. The van der Waals surface area contributed by atoms with Crippen LogP contribution in [-0.4, -0.2) is 18.1 Å². The lowest BCUT2D eigenvalue weighted by molar-refractivity contribution is 0.306. The molecule has 2 fully saturated rings. The summed E-state index contributed by atoms with van der Waals surface area (Å²) in [4.78, 5) is 4.43. The third-order valence-electron chi connectivity index (χ3n) is 3.74. The van der Waals surface area contributed by atoms with Crippen molar-refractivity contribution in [3.8, 4) is 0 Å². The zero-order valence-corrected chi connectivity index (χ0v) is 9.04. The Morgan fingerprint density at radius 3 is 2.60 bits per heavy atom. The van der Waals surface area contributed by atoms with Crippen molar-refractivity contribution in [3.63, 3.8) is 0 Å². The molecule has 0 aromatic carbocycles. The molecule has 0 amide bonds. The van der Waals surface area contributed by atoms with Crippen LogP contribution in [0.4, 0.5) is 0 Å². The summed E-state index contributed by atoms with van der Waals surface area (Å²) in [5, 5.41) is 3.37. The number of piperidine rings is 1. The highest BCUT2D eigenvalue weighted by Crippen LogP contribution is 2.37. The summed E-state index contributed by atoms with van der Waals surface area (Å²) < 4.78 is 5.89. The van der Waals surface area contributed by atoms with Crippen molar-refractivity contribution in [1.82, 2.24) is 10.3 Å². The first kappa shape index (κ1) is 9.40. The number of nitrogens with one attached hydrogen (secondary N) is 1. The zero-order chi connectivity index (χ0) is 10.1. The molecule has 82 valence electrons. The molecule has 1 aliphatic carbocycles. The first-order chi connectivity index (χ1) is 7.43. The summed E-state index contributed by atoms with van der Waals surface area (Å²) in [5.74, 6) is 3.35. The highest BCUT2D eigenvalue weighted by Gasteiger charge is 2.26. The predicted octanol–water partition coefficient (Wildman–Crippen LogP) is 2.41. The highest BCUT2D eigenvalue weighted by molar-refractivity contribution is 5.07. The summed E-state index contributed by atoms with van der Waals surface area (Å²) in [5.41, 5.74) is 0. The molecule has 2 heterocycles. The molecule has 15 heavy (non-hydrogen) atoms. The van der Waals surface area contributed by atoms with Crippen LogP contribution in [0.5, 0.6) is 0 Å². The fourth-order valence-corrected chi connectivity index (χ4v) is 2.44. The van der Waals surface area contributed by atoms with E-state index in [1.165, 1.54) is 32.1 Å². The van der Waals surface area contributed by atoms with E-state index in [9.17, 15) is 0 Å². The minimum atomic E-state index is 0.604. The van der Waals surface area contributed by atoms with Crippen molar-refractivity contribution in [2.24, 2.45) is 0 Å². The lowest BCUT2D eigenvalue weighted by Crippen LogP contribution is -2.26. The molecule has 0 atom stereocenters. The van der Waals surface area contributed by atoms with Crippen LogP contribution >= 0.6 is 0 Å². The third kappa shape index (κ3) is 1.81. The number of oxazole rings is 1. The van der Waals surface area contributed by atoms with Gasteiger partial charge in [-0.2, -0.15) is 0 Å². The molecule has 1 N–H and O–H groups in total. The summed E-state index contributed by atoms with van der Waals surface area (Å²) in [7, 11) is 0. The fraction of sp³-hybridized carbons (Fsp3) is 0.750. The van der Waals surface area contributed by atoms with E-state index >= 15 is 0 Å². The van der Waals surface area contributed by atoms with Crippen LogP contribution in [-0.2, 0) is 0 Å². The van der Waals surface area contributed by atoms with E-state index in [0.717, 1.165) is 24.7 Å². The van der Waals surface area contributed by atoms with Crippen LogP contribution < -0.4 is 5.32 Å². The Morgan fingerprint density at radius 2 is 1.93 bits per heavy atom. The number of nitrogens with zero attached hydrogens (tertiary/aromatic N) is 1. The van der Waals surface area contributed by atoms with Gasteiger partial charge < -0.3 is 9.73 Å². The molecule has 0 bridgehead atoms. The van der Waals surface area contributed by atoms with Gasteiger partial charge in [-0.1, -0.05) is 6.42 Å². The largest absolute Gasteiger partial charge is 0.445 e. The van der Waals surface area contributed by atoms with E-state index in [2.05, 4.69) is 10.3 Å². The normalized spacial score (nSPS) is 24.0. The average Bonchev–Trinajstić information content (AvgIpc) is 2.66. The second kappa shape index (κ2) is 3.97. The topological polar surface area (TPSA) is 38.1 Å². The predicted molar refractivity (Wildman–Crippen MR) is 57.9 cm³/mol. The summed E-state index contributed by atoms with van der Waals surface area (Å²) in [6.45, 7) is 2.23. The maximum absolute atomic E-state index is 5.89. The van der Waals surface area contributed by atoms with Gasteiger partial charge in [0.2, 0.25) is 0 Å². The van der Waals surface area contributed by atoms with Crippen molar-refractivity contribution < 1.29 is 4.42 Å². The van der Waals surface area contributed by atoms with E-state index in [-0.39, 0.29) is 0 Å². The van der Waals surface area contributed by atoms with Crippen molar-refractivity contribution in [2.45, 2.75) is 43.9 Å². The molecule has 1 aromatic rings. The number of rotatable bonds is 2. The van der Waals surface area contributed by atoms with Crippen LogP contribution in [0.2, 0.25) is 0 Å². The lowest BCUT2D eigenvalue weighted by Gasteiger charge is -2.22. The van der Waals surface area contributed by atoms with Crippen LogP contribution in [0, 0.1) is 0 Å². The van der Waals surface area contributed by atoms with Gasteiger partial charge >= 0.3 is 0 Å². The fourth-order valence-electron chi connectivity index (χ4n) is 2.44. The van der Waals surface area contributed by atoms with Gasteiger partial charge in [0, 0.05) is 11.8 Å². The van der Waals surface area contributed by atoms with Crippen LogP contribution in [0.1, 0.15) is 55.6 Å². The van der Waals surface area contributed by atoms with Crippen LogP contribution in [0.15, 0.2) is 10.6 Å². The molecular weight excluding hydrogens is 188 g/mol. The van der Waals surface area contributed by atoms with E-state index in [4.69, 9.17) is 4.42 Å². The van der Waals surface area contributed by atoms with Crippen LogP contribution in [0.3, 0.4) is 0 Å². The third-order valence-corrected chi connectivity index (χ3v) is 3.74. The molecule has 1 aromatic heterocycles. The van der Waals surface area contributed by atoms with Gasteiger partial charge in [-0.3, -0.25) is 0 Å². The standard InChI is InChI=1S/C12H18N2O/c1-2-10(3-1)12-14-8-11(15-12)9-4-6-13-7-5-9/h8-10,13H,1-7H2. The van der Waals surface area contributed by atoms with Gasteiger partial charge in [-0.25, -0.2) is 4.98 Å². The number of aromatic nitrogens is 1. The molecule has 3 nitrogen and oxygen atoms in total. The Morgan fingerprint density at radius 1 is 1.13 bits per heavy atom. The van der Waals surface area contributed by atoms with Crippen molar-refractivity contribution in [2.75, 3.05) is 13.1 Å². The SMILES string of the molecule is c1nc(C2CCC2)oc1C1CCNCC1. The molecule has 0 unspecified atom stereocenters. The molecule has 3 rings (SSSR count). The summed E-state index contributed by atoms with van der Waals surface area (Å²) in [6.07, 6.45) is 8.23. The Balaban J connectivity index is 1.71. The Bertz CT molecular complexity index is 324. The van der Waals surface area contributed by atoms with Crippen molar-refractivity contribution in [1.29, 1.82) is 0 Å². The van der Waals surface area contributed by atoms with E-state index < -0.39 is 0 Å². The van der Waals surface area contributed by atoms with Gasteiger partial charge in [-0.15, -0.1) is 0 Å². The Kier molecular flexibility index (Phi) is 2.49. The molecule has 0 spiro atoms. The minimum Gasteiger partial charge on any atom is -0.445 e. The second-order valence-electron chi connectivity index (χ2n) is 4.75.